The fourth-order valence-corrected chi connectivity index (χ4v) is 5.68. The highest BCUT2D eigenvalue weighted by molar-refractivity contribution is 9.10. The summed E-state index contributed by atoms with van der Waals surface area (Å²) in [5, 5.41) is 6.13. The molecule has 0 saturated carbocycles. The Morgan fingerprint density at radius 3 is 2.67 bits per heavy atom. The minimum absolute atomic E-state index is 0.116. The second-order valence-corrected chi connectivity index (χ2v) is 11.2. The summed E-state index contributed by atoms with van der Waals surface area (Å²) in [7, 11) is 0. The Hall–Kier alpha value is -4.77. The van der Waals surface area contributed by atoms with Gasteiger partial charge in [-0.15, -0.1) is 0 Å². The van der Waals surface area contributed by atoms with Gasteiger partial charge in [0.15, 0.2) is 0 Å². The van der Waals surface area contributed by atoms with Crippen LogP contribution in [0.15, 0.2) is 71.6 Å². The van der Waals surface area contributed by atoms with Crippen molar-refractivity contribution in [2.24, 2.45) is 0 Å². The lowest BCUT2D eigenvalue weighted by molar-refractivity contribution is -0.142. The number of halogens is 1. The molecule has 0 radical (unpaired) electrons. The molecule has 4 aromatic rings. The van der Waals surface area contributed by atoms with E-state index in [0.717, 1.165) is 46.7 Å². The second-order valence-electron chi connectivity index (χ2n) is 10.4. The Bertz CT molecular complexity index is 1760. The standard InChI is InChI=1S/C32H28BrN5O5/c1-18-26-13-30(35-16-27(26)25-8-7-24(12-29(25)43-18)38-9-3-4-31(38)40)36-22-11-23(15-34-14-22)37-32(41)20-5-6-21(28(33)10-20)17-42-19(2)39/h5-8,10-16,18H,3-4,9,17H2,1-2H3,(H,35,36)(H,37,41). The van der Waals surface area contributed by atoms with Crippen LogP contribution >= 0.6 is 15.9 Å². The van der Waals surface area contributed by atoms with Crippen LogP contribution in [0.4, 0.5) is 22.9 Å². The number of ether oxygens (including phenoxy) is 2. The van der Waals surface area contributed by atoms with E-state index in [9.17, 15) is 14.4 Å². The molecule has 1 saturated heterocycles. The molecule has 2 aliphatic heterocycles. The first-order valence-corrected chi connectivity index (χ1v) is 14.6. The number of carbonyl (C=O) groups is 3. The van der Waals surface area contributed by atoms with Crippen LogP contribution in [0, 0.1) is 0 Å². The molecular weight excluding hydrogens is 614 g/mol. The summed E-state index contributed by atoms with van der Waals surface area (Å²) < 4.78 is 12.0. The van der Waals surface area contributed by atoms with E-state index in [1.54, 1.807) is 36.7 Å². The molecule has 2 aromatic carbocycles. The SMILES string of the molecule is CC(=O)OCc1ccc(C(=O)Nc2cncc(Nc3cc4c(cn3)-c3ccc(N5CCCC5=O)cc3OC4C)c2)cc1Br. The Balaban J connectivity index is 1.16. The van der Waals surface area contributed by atoms with E-state index in [2.05, 4.69) is 36.5 Å². The van der Waals surface area contributed by atoms with Crippen LogP contribution in [0.3, 0.4) is 0 Å². The molecule has 0 bridgehead atoms. The van der Waals surface area contributed by atoms with Crippen LogP contribution in [0.2, 0.25) is 0 Å². The number of carbonyl (C=O) groups excluding carboxylic acids is 3. The van der Waals surface area contributed by atoms with Gasteiger partial charge in [-0.25, -0.2) is 4.98 Å². The highest BCUT2D eigenvalue weighted by Gasteiger charge is 2.27. The van der Waals surface area contributed by atoms with Crippen molar-refractivity contribution in [3.8, 4) is 16.9 Å². The molecule has 0 aliphatic carbocycles. The third-order valence-electron chi connectivity index (χ3n) is 7.33. The molecule has 43 heavy (non-hydrogen) atoms. The normalized spacial score (nSPS) is 15.3. The van der Waals surface area contributed by atoms with Gasteiger partial charge in [-0.2, -0.15) is 0 Å². The van der Waals surface area contributed by atoms with E-state index in [1.165, 1.54) is 6.92 Å². The van der Waals surface area contributed by atoms with Gasteiger partial charge in [0.2, 0.25) is 5.91 Å². The molecule has 0 spiro atoms. The van der Waals surface area contributed by atoms with Crippen molar-refractivity contribution in [2.75, 3.05) is 22.1 Å². The maximum Gasteiger partial charge on any atom is 0.302 e. The van der Waals surface area contributed by atoms with Crippen molar-refractivity contribution in [3.63, 3.8) is 0 Å². The first kappa shape index (κ1) is 28.4. The van der Waals surface area contributed by atoms with Crippen molar-refractivity contribution in [3.05, 3.63) is 88.3 Å². The first-order valence-electron chi connectivity index (χ1n) is 13.8. The predicted molar refractivity (Wildman–Crippen MR) is 165 cm³/mol. The first-order chi connectivity index (χ1) is 20.7. The topological polar surface area (TPSA) is 123 Å². The van der Waals surface area contributed by atoms with Gasteiger partial charge in [-0.05, 0) is 49.7 Å². The highest BCUT2D eigenvalue weighted by Crippen LogP contribution is 2.44. The fourth-order valence-electron chi connectivity index (χ4n) is 5.19. The number of amides is 2. The summed E-state index contributed by atoms with van der Waals surface area (Å²) in [4.78, 5) is 46.9. The van der Waals surface area contributed by atoms with Crippen molar-refractivity contribution in [1.82, 2.24) is 9.97 Å². The van der Waals surface area contributed by atoms with E-state index in [4.69, 9.17) is 9.47 Å². The van der Waals surface area contributed by atoms with Crippen LogP contribution in [-0.2, 0) is 20.9 Å². The molecule has 1 atom stereocenters. The average molecular weight is 643 g/mol. The molecule has 4 heterocycles. The lowest BCUT2D eigenvalue weighted by atomic mass is 9.94. The summed E-state index contributed by atoms with van der Waals surface area (Å²) >= 11 is 3.43. The molecule has 1 fully saturated rings. The Kier molecular flexibility index (Phi) is 7.81. The van der Waals surface area contributed by atoms with Gasteiger partial charge in [0.25, 0.3) is 5.91 Å². The van der Waals surface area contributed by atoms with E-state index < -0.39 is 0 Å². The van der Waals surface area contributed by atoms with E-state index >= 15 is 0 Å². The lowest BCUT2D eigenvalue weighted by Gasteiger charge is -2.28. The zero-order chi connectivity index (χ0) is 30.1. The van der Waals surface area contributed by atoms with Crippen molar-refractivity contribution in [2.45, 2.75) is 39.4 Å². The highest BCUT2D eigenvalue weighted by atomic mass is 79.9. The second kappa shape index (κ2) is 11.8. The van der Waals surface area contributed by atoms with Crippen LogP contribution in [0.1, 0.15) is 54.3 Å². The van der Waals surface area contributed by atoms with E-state index in [-0.39, 0.29) is 30.5 Å². The minimum Gasteiger partial charge on any atom is -0.485 e. The number of benzene rings is 2. The van der Waals surface area contributed by atoms with Gasteiger partial charge >= 0.3 is 5.97 Å². The quantitative estimate of drug-likeness (QED) is 0.218. The van der Waals surface area contributed by atoms with Crippen molar-refractivity contribution < 1.29 is 23.9 Å². The maximum absolute atomic E-state index is 12.9. The van der Waals surface area contributed by atoms with Gasteiger partial charge in [0.1, 0.15) is 24.3 Å². The molecule has 11 heteroatoms. The molecule has 218 valence electrons. The Labute approximate surface area is 256 Å². The van der Waals surface area contributed by atoms with Crippen molar-refractivity contribution in [1.29, 1.82) is 0 Å². The van der Waals surface area contributed by atoms with Crippen LogP contribution in [-0.4, -0.2) is 34.3 Å². The summed E-state index contributed by atoms with van der Waals surface area (Å²) in [6, 6.07) is 14.7. The third-order valence-corrected chi connectivity index (χ3v) is 8.07. The summed E-state index contributed by atoms with van der Waals surface area (Å²) in [5.41, 5.74) is 6.08. The molecular formula is C32H28BrN5O5. The number of pyridine rings is 2. The number of anilines is 4. The van der Waals surface area contributed by atoms with Crippen LogP contribution in [0.25, 0.3) is 11.1 Å². The number of esters is 1. The molecule has 2 amide bonds. The molecule has 10 nitrogen and oxygen atoms in total. The zero-order valence-electron chi connectivity index (χ0n) is 23.5. The molecule has 2 aliphatic rings. The van der Waals surface area contributed by atoms with Gasteiger partial charge in [-0.1, -0.05) is 22.0 Å². The van der Waals surface area contributed by atoms with E-state index in [0.29, 0.717) is 33.6 Å². The number of hydrogen-bond donors (Lipinski definition) is 2. The lowest BCUT2D eigenvalue weighted by Crippen LogP contribution is -2.24. The largest absolute Gasteiger partial charge is 0.485 e. The average Bonchev–Trinajstić information content (AvgIpc) is 3.42. The Morgan fingerprint density at radius 1 is 1.07 bits per heavy atom. The maximum atomic E-state index is 12.9. The number of rotatable bonds is 7. The fraction of sp³-hybridized carbons (Fsp3) is 0.219. The number of nitrogens with zero attached hydrogens (tertiary/aromatic N) is 3. The molecule has 2 N–H and O–H groups in total. The van der Waals surface area contributed by atoms with E-state index in [1.807, 2.05) is 42.3 Å². The number of aromatic nitrogens is 2. The summed E-state index contributed by atoms with van der Waals surface area (Å²) in [6.07, 6.45) is 6.25. The minimum atomic E-state index is -0.375. The predicted octanol–water partition coefficient (Wildman–Crippen LogP) is 6.55. The number of fused-ring (bicyclic) bond motifs is 3. The third kappa shape index (κ3) is 6.07. The van der Waals surface area contributed by atoms with Crippen molar-refractivity contribution >= 4 is 56.6 Å². The smallest absolute Gasteiger partial charge is 0.302 e. The molecule has 2 aromatic heterocycles. The summed E-state index contributed by atoms with van der Waals surface area (Å²) in [5.74, 6) is 0.791. The van der Waals surface area contributed by atoms with Gasteiger partial charge in [-0.3, -0.25) is 19.4 Å². The monoisotopic (exact) mass is 641 g/mol. The van der Waals surface area contributed by atoms with Gasteiger partial charge in [0, 0.05) is 70.1 Å². The number of hydrogen-bond acceptors (Lipinski definition) is 8. The van der Waals surface area contributed by atoms with Gasteiger partial charge in [0.05, 0.1) is 23.8 Å². The number of nitrogens with one attached hydrogen (secondary N) is 2. The van der Waals surface area contributed by atoms with Crippen LogP contribution < -0.4 is 20.3 Å². The molecule has 6 rings (SSSR count). The summed E-state index contributed by atoms with van der Waals surface area (Å²) in [6.45, 7) is 4.17. The van der Waals surface area contributed by atoms with Crippen LogP contribution in [0.5, 0.6) is 5.75 Å². The Morgan fingerprint density at radius 2 is 1.91 bits per heavy atom. The van der Waals surface area contributed by atoms with Gasteiger partial charge < -0.3 is 25.0 Å². The zero-order valence-corrected chi connectivity index (χ0v) is 25.1. The molecule has 1 unspecified atom stereocenters.